The van der Waals surface area contributed by atoms with Crippen molar-refractivity contribution in [1.29, 1.82) is 0 Å². The molecule has 2 amide bonds. The van der Waals surface area contributed by atoms with Gasteiger partial charge in [-0.1, -0.05) is 24.3 Å². The Bertz CT molecular complexity index is 1120. The first-order chi connectivity index (χ1) is 15.0. The van der Waals surface area contributed by atoms with Crippen LogP contribution in [0.4, 0.5) is 11.4 Å². The Hall–Kier alpha value is -3.94. The molecule has 0 radical (unpaired) electrons. The number of carbonyl (C=O) groups is 3. The van der Waals surface area contributed by atoms with Crippen molar-refractivity contribution >= 4 is 29.2 Å². The molecule has 2 N–H and O–H groups in total. The van der Waals surface area contributed by atoms with Gasteiger partial charge in [-0.25, -0.2) is 9.48 Å². The third-order valence-electron chi connectivity index (χ3n) is 4.73. The first-order valence-corrected chi connectivity index (χ1v) is 9.99. The molecule has 1 fully saturated rings. The van der Waals surface area contributed by atoms with E-state index >= 15 is 0 Å². The highest BCUT2D eigenvalue weighted by Gasteiger charge is 2.29. The van der Waals surface area contributed by atoms with Crippen LogP contribution in [0.5, 0.6) is 0 Å². The van der Waals surface area contributed by atoms with Crippen molar-refractivity contribution in [3.63, 3.8) is 0 Å². The molecule has 4 rings (SSSR count). The number of hydrogen-bond donors (Lipinski definition) is 2. The SMILES string of the molecule is CC(=O)Nc1cccc(NC(=O)COC(=O)c2cc(C3CC3)nn2-c2ccccc2)c1. The molecular formula is C23H22N4O4. The van der Waals surface area contributed by atoms with E-state index in [1.165, 1.54) is 6.92 Å². The van der Waals surface area contributed by atoms with Gasteiger partial charge >= 0.3 is 5.97 Å². The molecule has 1 aliphatic rings. The Balaban J connectivity index is 1.42. The van der Waals surface area contributed by atoms with E-state index in [0.717, 1.165) is 24.2 Å². The van der Waals surface area contributed by atoms with Crippen LogP contribution in [-0.2, 0) is 14.3 Å². The fraction of sp³-hybridized carbons (Fsp3) is 0.217. The minimum atomic E-state index is -0.620. The molecule has 0 atom stereocenters. The maximum Gasteiger partial charge on any atom is 0.357 e. The minimum Gasteiger partial charge on any atom is -0.451 e. The predicted octanol–water partition coefficient (Wildman–Crippen LogP) is 3.50. The Morgan fingerprint density at radius 3 is 2.39 bits per heavy atom. The van der Waals surface area contributed by atoms with Crippen molar-refractivity contribution in [3.8, 4) is 5.69 Å². The molecule has 2 aromatic carbocycles. The lowest BCUT2D eigenvalue weighted by Gasteiger charge is -2.09. The van der Waals surface area contributed by atoms with E-state index in [-0.39, 0.29) is 11.6 Å². The summed E-state index contributed by atoms with van der Waals surface area (Å²) in [5.74, 6) is -0.944. The van der Waals surface area contributed by atoms with Crippen LogP contribution in [0.3, 0.4) is 0 Å². The largest absolute Gasteiger partial charge is 0.451 e. The number of hydrogen-bond acceptors (Lipinski definition) is 5. The standard InChI is InChI=1S/C23H22N4O4/c1-15(28)24-17-6-5-7-18(12-17)25-22(29)14-31-23(30)21-13-20(16-10-11-16)26-27(21)19-8-3-2-4-9-19/h2-9,12-13,16H,10-11,14H2,1H3,(H,24,28)(H,25,29). The summed E-state index contributed by atoms with van der Waals surface area (Å²) in [5.41, 5.74) is 2.93. The summed E-state index contributed by atoms with van der Waals surface area (Å²) in [4.78, 5) is 36.2. The number of rotatable bonds is 7. The fourth-order valence-electron chi connectivity index (χ4n) is 3.17. The van der Waals surface area contributed by atoms with Gasteiger partial charge in [0.15, 0.2) is 12.3 Å². The second-order valence-electron chi connectivity index (χ2n) is 7.36. The van der Waals surface area contributed by atoms with Gasteiger partial charge in [0.05, 0.1) is 11.4 Å². The van der Waals surface area contributed by atoms with Gasteiger partial charge < -0.3 is 15.4 Å². The summed E-state index contributed by atoms with van der Waals surface area (Å²) in [5, 5.41) is 9.87. The van der Waals surface area contributed by atoms with Crippen molar-refractivity contribution < 1.29 is 19.1 Å². The number of aromatic nitrogens is 2. The third kappa shape index (κ3) is 5.16. The van der Waals surface area contributed by atoms with E-state index in [4.69, 9.17) is 4.74 Å². The lowest BCUT2D eigenvalue weighted by molar-refractivity contribution is -0.119. The van der Waals surface area contributed by atoms with E-state index in [9.17, 15) is 14.4 Å². The number of amides is 2. The number of esters is 1. The zero-order valence-electron chi connectivity index (χ0n) is 17.0. The maximum atomic E-state index is 12.7. The van der Waals surface area contributed by atoms with Crippen LogP contribution in [0.2, 0.25) is 0 Å². The molecule has 1 aromatic heterocycles. The van der Waals surface area contributed by atoms with Crippen LogP contribution < -0.4 is 10.6 Å². The number of ether oxygens (including phenoxy) is 1. The lowest BCUT2D eigenvalue weighted by atomic mass is 10.2. The van der Waals surface area contributed by atoms with Crippen LogP contribution in [0.1, 0.15) is 41.9 Å². The van der Waals surface area contributed by atoms with Crippen LogP contribution in [0.15, 0.2) is 60.7 Å². The molecule has 0 saturated heterocycles. The summed E-state index contributed by atoms with van der Waals surface area (Å²) in [6, 6.07) is 17.8. The number of nitrogens with one attached hydrogen (secondary N) is 2. The molecule has 8 nitrogen and oxygen atoms in total. The monoisotopic (exact) mass is 418 g/mol. The smallest absolute Gasteiger partial charge is 0.357 e. The highest BCUT2D eigenvalue weighted by molar-refractivity contribution is 5.96. The Morgan fingerprint density at radius 2 is 1.71 bits per heavy atom. The minimum absolute atomic E-state index is 0.210. The average Bonchev–Trinajstić information content (AvgIpc) is 3.51. The second kappa shape index (κ2) is 8.83. The van der Waals surface area contributed by atoms with Crippen molar-refractivity contribution in [2.24, 2.45) is 0 Å². The van der Waals surface area contributed by atoms with Crippen LogP contribution in [0, 0.1) is 0 Å². The van der Waals surface area contributed by atoms with Gasteiger partial charge in [0, 0.05) is 24.2 Å². The summed E-state index contributed by atoms with van der Waals surface area (Å²) in [6.07, 6.45) is 2.11. The topological polar surface area (TPSA) is 102 Å². The summed E-state index contributed by atoms with van der Waals surface area (Å²) in [7, 11) is 0. The number of anilines is 2. The molecule has 0 bridgehead atoms. The molecule has 1 aliphatic carbocycles. The molecule has 1 heterocycles. The van der Waals surface area contributed by atoms with Crippen LogP contribution in [-0.4, -0.2) is 34.2 Å². The highest BCUT2D eigenvalue weighted by Crippen LogP contribution is 2.39. The Morgan fingerprint density at radius 1 is 1.00 bits per heavy atom. The van der Waals surface area contributed by atoms with Gasteiger partial charge in [-0.05, 0) is 49.2 Å². The summed E-state index contributed by atoms with van der Waals surface area (Å²) >= 11 is 0. The molecule has 8 heteroatoms. The number of para-hydroxylation sites is 1. The zero-order valence-corrected chi connectivity index (χ0v) is 17.0. The van der Waals surface area contributed by atoms with E-state index in [1.54, 1.807) is 35.0 Å². The van der Waals surface area contributed by atoms with Crippen LogP contribution >= 0.6 is 0 Å². The van der Waals surface area contributed by atoms with Gasteiger partial charge in [0.2, 0.25) is 5.91 Å². The van der Waals surface area contributed by atoms with Crippen molar-refractivity contribution in [1.82, 2.24) is 9.78 Å². The molecule has 1 saturated carbocycles. The van der Waals surface area contributed by atoms with Crippen molar-refractivity contribution in [2.45, 2.75) is 25.7 Å². The van der Waals surface area contributed by atoms with E-state index in [1.807, 2.05) is 30.3 Å². The normalized spacial score (nSPS) is 12.8. The van der Waals surface area contributed by atoms with Gasteiger partial charge in [-0.3, -0.25) is 9.59 Å². The van der Waals surface area contributed by atoms with Gasteiger partial charge in [0.1, 0.15) is 0 Å². The zero-order chi connectivity index (χ0) is 21.8. The summed E-state index contributed by atoms with van der Waals surface area (Å²) in [6.45, 7) is 0.960. The van der Waals surface area contributed by atoms with Crippen molar-refractivity contribution in [3.05, 3.63) is 72.1 Å². The predicted molar refractivity (Wildman–Crippen MR) is 115 cm³/mol. The number of carbonyl (C=O) groups excluding carboxylic acids is 3. The highest BCUT2D eigenvalue weighted by atomic mass is 16.5. The molecule has 0 unspecified atom stereocenters. The Kier molecular flexibility index (Phi) is 5.79. The Labute approximate surface area is 179 Å². The molecule has 31 heavy (non-hydrogen) atoms. The van der Waals surface area contributed by atoms with Gasteiger partial charge in [-0.2, -0.15) is 5.10 Å². The summed E-state index contributed by atoms with van der Waals surface area (Å²) < 4.78 is 6.81. The molecule has 0 spiro atoms. The molecule has 0 aliphatic heterocycles. The van der Waals surface area contributed by atoms with Gasteiger partial charge in [-0.15, -0.1) is 0 Å². The molecule has 3 aromatic rings. The van der Waals surface area contributed by atoms with E-state index in [2.05, 4.69) is 15.7 Å². The van der Waals surface area contributed by atoms with Crippen molar-refractivity contribution in [2.75, 3.05) is 17.2 Å². The first-order valence-electron chi connectivity index (χ1n) is 9.99. The molecular weight excluding hydrogens is 396 g/mol. The number of benzene rings is 2. The number of nitrogens with zero attached hydrogens (tertiary/aromatic N) is 2. The second-order valence-corrected chi connectivity index (χ2v) is 7.36. The molecule has 158 valence electrons. The average molecular weight is 418 g/mol. The first kappa shape index (κ1) is 20.3. The van der Waals surface area contributed by atoms with E-state index < -0.39 is 18.5 Å². The third-order valence-corrected chi connectivity index (χ3v) is 4.73. The van der Waals surface area contributed by atoms with E-state index in [0.29, 0.717) is 17.3 Å². The van der Waals surface area contributed by atoms with Gasteiger partial charge in [0.25, 0.3) is 5.91 Å². The van der Waals surface area contributed by atoms with Crippen LogP contribution in [0.25, 0.3) is 5.69 Å². The fourth-order valence-corrected chi connectivity index (χ4v) is 3.17. The quantitative estimate of drug-likeness (QED) is 0.572. The lowest BCUT2D eigenvalue weighted by Crippen LogP contribution is -2.22. The maximum absolute atomic E-state index is 12.7.